The molecule has 2 aromatic carbocycles. The highest BCUT2D eigenvalue weighted by molar-refractivity contribution is 14.1. The number of sulfonamides is 1. The molecule has 5 nitrogen and oxygen atoms in total. The molecule has 2 rings (SSSR count). The Morgan fingerprint density at radius 1 is 1.17 bits per heavy atom. The van der Waals surface area contributed by atoms with Crippen LogP contribution in [0.4, 0.5) is 10.1 Å². The van der Waals surface area contributed by atoms with Crippen LogP contribution in [0.15, 0.2) is 42.5 Å². The summed E-state index contributed by atoms with van der Waals surface area (Å²) in [7, 11) is -3.58. The quantitative estimate of drug-likeness (QED) is 0.429. The van der Waals surface area contributed by atoms with Crippen LogP contribution in [0.25, 0.3) is 6.08 Å². The number of benzene rings is 2. The Morgan fingerprint density at radius 3 is 2.31 bits per heavy atom. The lowest BCUT2D eigenvalue weighted by Gasteiger charge is -2.18. The van der Waals surface area contributed by atoms with Crippen molar-refractivity contribution in [3.63, 3.8) is 0 Å². The van der Waals surface area contributed by atoms with E-state index >= 15 is 0 Å². The van der Waals surface area contributed by atoms with Gasteiger partial charge in [0.05, 0.1) is 11.9 Å². The molecule has 0 atom stereocenters. The first kappa shape index (κ1) is 23.3. The van der Waals surface area contributed by atoms with Crippen molar-refractivity contribution in [1.29, 1.82) is 0 Å². The highest BCUT2D eigenvalue weighted by Crippen LogP contribution is 2.25. The molecule has 0 aliphatic rings. The lowest BCUT2D eigenvalue weighted by molar-refractivity contribution is -0.116. The second kappa shape index (κ2) is 9.25. The predicted octanol–water partition coefficient (Wildman–Crippen LogP) is 4.43. The molecule has 0 unspecified atom stereocenters. The van der Waals surface area contributed by atoms with E-state index in [2.05, 4.69) is 30.8 Å². The van der Waals surface area contributed by atoms with Crippen LogP contribution in [0, 0.1) is 9.39 Å². The van der Waals surface area contributed by atoms with Crippen LogP contribution in [0.5, 0.6) is 0 Å². The molecule has 0 aliphatic carbocycles. The van der Waals surface area contributed by atoms with Crippen molar-refractivity contribution >= 4 is 50.3 Å². The summed E-state index contributed by atoms with van der Waals surface area (Å²) in [4.78, 5) is 12.1. The Kier molecular flexibility index (Phi) is 7.45. The van der Waals surface area contributed by atoms with Gasteiger partial charge in [-0.1, -0.05) is 45.0 Å². The second-order valence-electron chi connectivity index (χ2n) is 7.73. The first-order valence-corrected chi connectivity index (χ1v) is 11.8. The lowest BCUT2D eigenvalue weighted by atomic mass is 9.87. The van der Waals surface area contributed by atoms with Crippen molar-refractivity contribution in [1.82, 2.24) is 5.32 Å². The third-order valence-corrected chi connectivity index (χ3v) is 5.49. The average Bonchev–Trinajstić information content (AvgIpc) is 2.60. The zero-order valence-corrected chi connectivity index (χ0v) is 19.7. The van der Waals surface area contributed by atoms with Crippen LogP contribution in [0.1, 0.15) is 37.5 Å². The van der Waals surface area contributed by atoms with Crippen LogP contribution in [-0.4, -0.2) is 20.6 Å². The van der Waals surface area contributed by atoms with Crippen LogP contribution in [-0.2, 0) is 26.8 Å². The number of rotatable bonds is 6. The molecule has 1 amide bonds. The molecule has 0 aromatic heterocycles. The molecule has 0 saturated heterocycles. The summed E-state index contributed by atoms with van der Waals surface area (Å²) in [5, 5.41) is 2.69. The van der Waals surface area contributed by atoms with Crippen molar-refractivity contribution < 1.29 is 17.6 Å². The Morgan fingerprint density at radius 2 is 1.79 bits per heavy atom. The van der Waals surface area contributed by atoms with Crippen LogP contribution < -0.4 is 10.0 Å². The molecule has 0 saturated carbocycles. The molecule has 0 aliphatic heterocycles. The number of anilines is 1. The second-order valence-corrected chi connectivity index (χ2v) is 10.6. The van der Waals surface area contributed by atoms with Gasteiger partial charge in [0.1, 0.15) is 5.82 Å². The fraction of sp³-hybridized carbons (Fsp3) is 0.286. The van der Waals surface area contributed by atoms with Gasteiger partial charge in [0.2, 0.25) is 15.9 Å². The van der Waals surface area contributed by atoms with Crippen molar-refractivity contribution in [2.45, 2.75) is 32.7 Å². The predicted molar refractivity (Wildman–Crippen MR) is 124 cm³/mol. The normalized spacial score (nSPS) is 12.2. The smallest absolute Gasteiger partial charge is 0.244 e. The zero-order valence-electron chi connectivity index (χ0n) is 16.7. The molecule has 0 heterocycles. The summed E-state index contributed by atoms with van der Waals surface area (Å²) in [6.45, 7) is 6.54. The van der Waals surface area contributed by atoms with E-state index in [1.165, 1.54) is 17.7 Å². The molecule has 0 fully saturated rings. The third kappa shape index (κ3) is 7.43. The van der Waals surface area contributed by atoms with E-state index in [1.807, 2.05) is 46.9 Å². The minimum atomic E-state index is -3.58. The monoisotopic (exact) mass is 530 g/mol. The average molecular weight is 530 g/mol. The van der Waals surface area contributed by atoms with E-state index in [1.54, 1.807) is 12.1 Å². The van der Waals surface area contributed by atoms with E-state index in [9.17, 15) is 17.6 Å². The van der Waals surface area contributed by atoms with E-state index in [-0.39, 0.29) is 23.6 Å². The molecule has 8 heteroatoms. The molecule has 2 N–H and O–H groups in total. The number of amides is 1. The number of carbonyl (C=O) groups is 1. The molecule has 0 radical (unpaired) electrons. The minimum absolute atomic E-state index is 0.0682. The van der Waals surface area contributed by atoms with Crippen molar-refractivity contribution in [3.8, 4) is 0 Å². The van der Waals surface area contributed by atoms with Gasteiger partial charge in [-0.3, -0.25) is 9.52 Å². The van der Waals surface area contributed by atoms with Gasteiger partial charge in [-0.25, -0.2) is 12.8 Å². The first-order valence-electron chi connectivity index (χ1n) is 8.87. The van der Waals surface area contributed by atoms with Gasteiger partial charge in [0, 0.05) is 16.2 Å². The van der Waals surface area contributed by atoms with Crippen molar-refractivity contribution in [3.05, 3.63) is 68.6 Å². The SMILES string of the molecule is CC(C)(C)c1ccc(/C=C/C(=O)NCc2cc(F)c(NS(C)(=O)=O)c(I)c2)cc1. The van der Waals surface area contributed by atoms with E-state index in [4.69, 9.17) is 0 Å². The number of hydrogen-bond donors (Lipinski definition) is 2. The Hall–Kier alpha value is -1.94. The molecular formula is C21H24FIN2O3S. The molecule has 2 aromatic rings. The Labute approximate surface area is 185 Å². The van der Waals surface area contributed by atoms with E-state index in [0.29, 0.717) is 9.13 Å². The number of carbonyl (C=O) groups excluding carboxylic acids is 1. The Balaban J connectivity index is 1.99. The Bertz CT molecular complexity index is 1000. The number of nitrogens with one attached hydrogen (secondary N) is 2. The first-order chi connectivity index (χ1) is 13.3. The van der Waals surface area contributed by atoms with Crippen molar-refractivity contribution in [2.24, 2.45) is 0 Å². The van der Waals surface area contributed by atoms with E-state index in [0.717, 1.165) is 11.8 Å². The molecule has 156 valence electrons. The van der Waals surface area contributed by atoms with E-state index < -0.39 is 15.8 Å². The summed E-state index contributed by atoms with van der Waals surface area (Å²) in [5.74, 6) is -1.00. The number of halogens is 2. The molecule has 29 heavy (non-hydrogen) atoms. The maximum Gasteiger partial charge on any atom is 0.244 e. The van der Waals surface area contributed by atoms with Crippen LogP contribution >= 0.6 is 22.6 Å². The van der Waals surface area contributed by atoms with Crippen LogP contribution in [0.3, 0.4) is 0 Å². The summed E-state index contributed by atoms with van der Waals surface area (Å²) in [6.07, 6.45) is 4.10. The van der Waals surface area contributed by atoms with Gasteiger partial charge in [0.25, 0.3) is 0 Å². The largest absolute Gasteiger partial charge is 0.348 e. The zero-order chi connectivity index (χ0) is 21.8. The molecule has 0 spiro atoms. The summed E-state index contributed by atoms with van der Waals surface area (Å²) >= 11 is 1.85. The standard InChI is InChI=1S/C21H24FIN2O3S/c1-21(2,3)16-8-5-14(6-9-16)7-10-19(26)24-13-15-11-17(22)20(18(23)12-15)25-29(4,27)28/h5-12,25H,13H2,1-4H3,(H,24,26)/b10-7+. The maximum absolute atomic E-state index is 14.2. The summed E-state index contributed by atoms with van der Waals surface area (Å²) in [6, 6.07) is 10.8. The van der Waals surface area contributed by atoms with Gasteiger partial charge in [-0.15, -0.1) is 0 Å². The van der Waals surface area contributed by atoms with Gasteiger partial charge >= 0.3 is 0 Å². The topological polar surface area (TPSA) is 75.3 Å². The lowest BCUT2D eigenvalue weighted by Crippen LogP contribution is -2.20. The highest BCUT2D eigenvalue weighted by atomic mass is 127. The van der Waals surface area contributed by atoms with Gasteiger partial charge in [0.15, 0.2) is 0 Å². The minimum Gasteiger partial charge on any atom is -0.348 e. The summed E-state index contributed by atoms with van der Waals surface area (Å²) in [5.41, 5.74) is 2.62. The molecular weight excluding hydrogens is 506 g/mol. The fourth-order valence-electron chi connectivity index (χ4n) is 2.52. The molecule has 0 bridgehead atoms. The van der Waals surface area contributed by atoms with Gasteiger partial charge < -0.3 is 5.32 Å². The van der Waals surface area contributed by atoms with Gasteiger partial charge in [-0.2, -0.15) is 0 Å². The third-order valence-electron chi connectivity index (χ3n) is 4.06. The maximum atomic E-state index is 14.2. The fourth-order valence-corrected chi connectivity index (χ4v) is 4.08. The summed E-state index contributed by atoms with van der Waals surface area (Å²) < 4.78 is 39.4. The van der Waals surface area contributed by atoms with Crippen molar-refractivity contribution in [2.75, 3.05) is 11.0 Å². The number of hydrogen-bond acceptors (Lipinski definition) is 3. The van der Waals surface area contributed by atoms with Crippen LogP contribution in [0.2, 0.25) is 0 Å². The van der Waals surface area contributed by atoms with Gasteiger partial charge in [-0.05, 0) is 62.9 Å². The highest BCUT2D eigenvalue weighted by Gasteiger charge is 2.14.